The highest BCUT2D eigenvalue weighted by Crippen LogP contribution is 2.28. The lowest BCUT2D eigenvalue weighted by molar-refractivity contribution is -0.116. The summed E-state index contributed by atoms with van der Waals surface area (Å²) in [5, 5.41) is 2.84. The largest absolute Gasteiger partial charge is 0.436 e. The van der Waals surface area contributed by atoms with E-state index in [9.17, 15) is 14.4 Å². The summed E-state index contributed by atoms with van der Waals surface area (Å²) in [6.45, 7) is 3.87. The van der Waals surface area contributed by atoms with Gasteiger partial charge in [-0.3, -0.25) is 18.7 Å². The lowest BCUT2D eigenvalue weighted by Crippen LogP contribution is -2.37. The van der Waals surface area contributed by atoms with Crippen molar-refractivity contribution >= 4 is 33.9 Å². The summed E-state index contributed by atoms with van der Waals surface area (Å²) in [4.78, 5) is 46.1. The third-order valence-electron chi connectivity index (χ3n) is 5.74. The molecule has 1 N–H and O–H groups in total. The fraction of sp³-hybridized carbons (Fsp3) is 0.208. The quantitative estimate of drug-likeness (QED) is 0.442. The Morgan fingerprint density at radius 3 is 2.68 bits per heavy atom. The molecule has 0 fully saturated rings. The molecule has 0 unspecified atom stereocenters. The van der Waals surface area contributed by atoms with Crippen LogP contribution in [0.1, 0.15) is 11.1 Å². The van der Waals surface area contributed by atoms with Crippen molar-refractivity contribution in [2.45, 2.75) is 20.4 Å². The highest BCUT2D eigenvalue weighted by molar-refractivity contribution is 5.92. The Morgan fingerprint density at radius 1 is 1.09 bits per heavy atom. The van der Waals surface area contributed by atoms with Crippen LogP contribution < -0.4 is 16.6 Å². The van der Waals surface area contributed by atoms with E-state index in [0.717, 1.165) is 32.4 Å². The SMILES string of the molecule is Cc1cc(C)c2oc(-c3cccc(NC(=O)Cn4cnc5c(=O)n(C)c(=O)n(C)c54)c3)nc2c1. The zero-order valence-corrected chi connectivity index (χ0v) is 19.1. The van der Waals surface area contributed by atoms with Gasteiger partial charge in [0.05, 0.1) is 6.33 Å². The first-order valence-corrected chi connectivity index (χ1v) is 10.6. The first kappa shape index (κ1) is 21.4. The van der Waals surface area contributed by atoms with Crippen molar-refractivity contribution in [1.82, 2.24) is 23.7 Å². The number of imidazole rings is 1. The van der Waals surface area contributed by atoms with Crippen molar-refractivity contribution in [2.75, 3.05) is 5.32 Å². The second-order valence-electron chi connectivity index (χ2n) is 8.33. The molecule has 1 amide bonds. The lowest BCUT2D eigenvalue weighted by atomic mass is 10.1. The predicted octanol–water partition coefficient (Wildman–Crippen LogP) is 2.50. The van der Waals surface area contributed by atoms with E-state index in [1.807, 2.05) is 32.0 Å². The average molecular weight is 458 g/mol. The molecule has 3 heterocycles. The molecule has 5 rings (SSSR count). The number of hydrogen-bond acceptors (Lipinski definition) is 6. The summed E-state index contributed by atoms with van der Waals surface area (Å²) in [7, 11) is 2.93. The monoisotopic (exact) mass is 458 g/mol. The first-order chi connectivity index (χ1) is 16.2. The van der Waals surface area contributed by atoms with Gasteiger partial charge in [0.2, 0.25) is 11.8 Å². The average Bonchev–Trinajstić information content (AvgIpc) is 3.41. The third kappa shape index (κ3) is 3.49. The summed E-state index contributed by atoms with van der Waals surface area (Å²) >= 11 is 0. The molecule has 0 aliphatic carbocycles. The molecular formula is C24H22N6O4. The van der Waals surface area contributed by atoms with Crippen LogP contribution in [-0.4, -0.2) is 29.6 Å². The van der Waals surface area contributed by atoms with Gasteiger partial charge < -0.3 is 14.3 Å². The molecule has 0 saturated heterocycles. The number of nitrogens with zero attached hydrogens (tertiary/aromatic N) is 5. The molecule has 0 atom stereocenters. The zero-order chi connectivity index (χ0) is 24.1. The number of carbonyl (C=O) groups excluding carboxylic acids is 1. The van der Waals surface area contributed by atoms with Crippen LogP contribution in [-0.2, 0) is 25.4 Å². The Morgan fingerprint density at radius 2 is 1.88 bits per heavy atom. The van der Waals surface area contributed by atoms with E-state index in [1.165, 1.54) is 29.6 Å². The minimum absolute atomic E-state index is 0.122. The van der Waals surface area contributed by atoms with E-state index < -0.39 is 11.2 Å². The Balaban J connectivity index is 1.42. The van der Waals surface area contributed by atoms with Crippen LogP contribution in [0.2, 0.25) is 0 Å². The molecule has 2 aromatic carbocycles. The summed E-state index contributed by atoms with van der Waals surface area (Å²) in [5.41, 5.74) is 4.34. The molecular weight excluding hydrogens is 436 g/mol. The minimum atomic E-state index is -0.506. The van der Waals surface area contributed by atoms with Gasteiger partial charge in [-0.05, 0) is 49.2 Å². The van der Waals surface area contributed by atoms with Gasteiger partial charge in [0.25, 0.3) is 5.56 Å². The van der Waals surface area contributed by atoms with Gasteiger partial charge in [0.1, 0.15) is 17.7 Å². The van der Waals surface area contributed by atoms with E-state index in [-0.39, 0.29) is 23.6 Å². The van der Waals surface area contributed by atoms with Gasteiger partial charge in [-0.15, -0.1) is 0 Å². The number of nitrogens with one attached hydrogen (secondary N) is 1. The molecule has 3 aromatic heterocycles. The number of aromatic nitrogens is 5. The van der Waals surface area contributed by atoms with Gasteiger partial charge >= 0.3 is 5.69 Å². The van der Waals surface area contributed by atoms with E-state index >= 15 is 0 Å². The third-order valence-corrected chi connectivity index (χ3v) is 5.74. The molecule has 0 saturated carbocycles. The van der Waals surface area contributed by atoms with E-state index in [1.54, 1.807) is 18.2 Å². The molecule has 0 bridgehead atoms. The molecule has 5 aromatic rings. The molecule has 34 heavy (non-hydrogen) atoms. The minimum Gasteiger partial charge on any atom is -0.436 e. The Labute approximate surface area is 193 Å². The van der Waals surface area contributed by atoms with Crippen molar-refractivity contribution in [3.63, 3.8) is 0 Å². The number of aryl methyl sites for hydroxylation is 3. The smallest absolute Gasteiger partial charge is 0.332 e. The molecule has 0 spiro atoms. The Bertz CT molecular complexity index is 1720. The van der Waals surface area contributed by atoms with Crippen LogP contribution in [0.4, 0.5) is 5.69 Å². The maximum atomic E-state index is 12.8. The molecule has 0 aliphatic rings. The zero-order valence-electron chi connectivity index (χ0n) is 19.1. The van der Waals surface area contributed by atoms with Crippen LogP contribution in [0, 0.1) is 13.8 Å². The molecule has 172 valence electrons. The van der Waals surface area contributed by atoms with Gasteiger partial charge in [-0.25, -0.2) is 14.8 Å². The first-order valence-electron chi connectivity index (χ1n) is 10.6. The topological polar surface area (TPSA) is 117 Å². The van der Waals surface area contributed by atoms with Crippen molar-refractivity contribution in [3.8, 4) is 11.5 Å². The van der Waals surface area contributed by atoms with E-state index in [0.29, 0.717) is 11.6 Å². The highest BCUT2D eigenvalue weighted by Gasteiger charge is 2.16. The lowest BCUT2D eigenvalue weighted by Gasteiger charge is -2.10. The standard InChI is InChI=1S/C24H22N6O4/c1-13-8-14(2)20-17(9-13)27-21(34-20)15-6-5-7-16(10-15)26-18(31)11-30-12-25-19-22(30)28(3)24(33)29(4)23(19)32/h5-10,12H,11H2,1-4H3,(H,26,31). The number of fused-ring (bicyclic) bond motifs is 2. The number of amides is 1. The maximum Gasteiger partial charge on any atom is 0.332 e. The van der Waals surface area contributed by atoms with Gasteiger partial charge in [-0.2, -0.15) is 0 Å². The van der Waals surface area contributed by atoms with Gasteiger partial charge in [0, 0.05) is 25.3 Å². The van der Waals surface area contributed by atoms with Crippen LogP contribution in [0.3, 0.4) is 0 Å². The number of oxazole rings is 1. The van der Waals surface area contributed by atoms with Crippen molar-refractivity contribution in [1.29, 1.82) is 0 Å². The second-order valence-corrected chi connectivity index (χ2v) is 8.33. The molecule has 0 radical (unpaired) electrons. The van der Waals surface area contributed by atoms with Crippen molar-refractivity contribution in [3.05, 3.63) is 74.7 Å². The van der Waals surface area contributed by atoms with Gasteiger partial charge in [-0.1, -0.05) is 12.1 Å². The summed E-state index contributed by atoms with van der Waals surface area (Å²) in [5.74, 6) is 0.125. The number of carbonyl (C=O) groups is 1. The molecule has 0 aliphatic heterocycles. The second kappa shape index (κ2) is 7.84. The number of benzene rings is 2. The summed E-state index contributed by atoms with van der Waals surface area (Å²) < 4.78 is 9.74. The van der Waals surface area contributed by atoms with E-state index in [4.69, 9.17) is 4.42 Å². The van der Waals surface area contributed by atoms with Crippen LogP contribution in [0.15, 0.2) is 56.7 Å². The number of rotatable bonds is 4. The molecule has 10 heteroatoms. The number of hydrogen-bond donors (Lipinski definition) is 1. The Hall–Kier alpha value is -4.47. The predicted molar refractivity (Wildman–Crippen MR) is 128 cm³/mol. The van der Waals surface area contributed by atoms with Crippen molar-refractivity contribution in [2.24, 2.45) is 14.1 Å². The van der Waals surface area contributed by atoms with Crippen molar-refractivity contribution < 1.29 is 9.21 Å². The van der Waals surface area contributed by atoms with Gasteiger partial charge in [0.15, 0.2) is 11.1 Å². The fourth-order valence-electron chi connectivity index (χ4n) is 4.14. The van der Waals surface area contributed by atoms with Crippen LogP contribution in [0.25, 0.3) is 33.7 Å². The highest BCUT2D eigenvalue weighted by atomic mass is 16.3. The Kier molecular flexibility index (Phi) is 4.93. The van der Waals surface area contributed by atoms with Crippen LogP contribution >= 0.6 is 0 Å². The normalized spacial score (nSPS) is 11.4. The summed E-state index contributed by atoms with van der Waals surface area (Å²) in [6, 6.07) is 11.2. The maximum absolute atomic E-state index is 12.8. The molecule has 10 nitrogen and oxygen atoms in total. The number of anilines is 1. The van der Waals surface area contributed by atoms with E-state index in [2.05, 4.69) is 15.3 Å². The summed E-state index contributed by atoms with van der Waals surface area (Å²) in [6.07, 6.45) is 1.38. The van der Waals surface area contributed by atoms with Crippen LogP contribution in [0.5, 0.6) is 0 Å². The fourth-order valence-corrected chi connectivity index (χ4v) is 4.14.